The molecule has 0 saturated carbocycles. The highest BCUT2D eigenvalue weighted by atomic mass is 32.2. The molecule has 5 aromatic rings. The highest BCUT2D eigenvalue weighted by molar-refractivity contribution is 7.92. The Bertz CT molecular complexity index is 1910. The molecule has 5 aromatic carbocycles. The number of sulfonamides is 1. The van der Waals surface area contributed by atoms with E-state index in [4.69, 9.17) is 4.74 Å². The molecule has 48 heavy (non-hydrogen) atoms. The van der Waals surface area contributed by atoms with Crippen LogP contribution in [0.4, 0.5) is 14.5 Å². The van der Waals surface area contributed by atoms with Crippen LogP contribution in [0.1, 0.15) is 22.7 Å². The molecule has 1 atom stereocenters. The molecule has 0 aliphatic heterocycles. The SMILES string of the molecule is O=C(NCCc1ccccc1)[C@@H](c1ccccc1)N(Cc1ccc(F)cc1)C(=O)COc1ccc(S(=O)(=O)Nc2ccc(F)cc2)cc1. The molecular formula is C37H33F2N3O5S. The number of rotatable bonds is 14. The third-order valence-corrected chi connectivity index (χ3v) is 8.81. The molecule has 0 spiro atoms. The Balaban J connectivity index is 1.33. The molecule has 0 aromatic heterocycles. The average molecular weight is 670 g/mol. The molecule has 2 amide bonds. The second-order valence-electron chi connectivity index (χ2n) is 10.9. The van der Waals surface area contributed by atoms with Gasteiger partial charge in [-0.2, -0.15) is 0 Å². The summed E-state index contributed by atoms with van der Waals surface area (Å²) in [6.07, 6.45) is 0.592. The molecule has 0 aliphatic rings. The number of amides is 2. The Kier molecular flexibility index (Phi) is 11.1. The van der Waals surface area contributed by atoms with Crippen LogP contribution in [0.3, 0.4) is 0 Å². The normalized spacial score (nSPS) is 11.7. The fourth-order valence-corrected chi connectivity index (χ4v) is 6.02. The molecule has 5 rings (SSSR count). The summed E-state index contributed by atoms with van der Waals surface area (Å²) < 4.78 is 60.7. The van der Waals surface area contributed by atoms with Gasteiger partial charge in [0.15, 0.2) is 6.61 Å². The van der Waals surface area contributed by atoms with E-state index in [1.807, 2.05) is 36.4 Å². The third-order valence-electron chi connectivity index (χ3n) is 7.41. The maximum atomic E-state index is 13.9. The van der Waals surface area contributed by atoms with Crippen LogP contribution in [-0.4, -0.2) is 38.3 Å². The zero-order valence-corrected chi connectivity index (χ0v) is 26.6. The van der Waals surface area contributed by atoms with Crippen molar-refractivity contribution in [2.45, 2.75) is 23.9 Å². The number of anilines is 1. The summed E-state index contributed by atoms with van der Waals surface area (Å²) >= 11 is 0. The van der Waals surface area contributed by atoms with Crippen molar-refractivity contribution in [1.82, 2.24) is 10.2 Å². The number of carbonyl (C=O) groups excluding carboxylic acids is 2. The van der Waals surface area contributed by atoms with Crippen molar-refractivity contribution in [3.8, 4) is 5.75 Å². The van der Waals surface area contributed by atoms with Crippen LogP contribution in [0.15, 0.2) is 138 Å². The molecule has 2 N–H and O–H groups in total. The van der Waals surface area contributed by atoms with Gasteiger partial charge in [-0.15, -0.1) is 0 Å². The van der Waals surface area contributed by atoms with Crippen LogP contribution in [0.5, 0.6) is 5.75 Å². The molecule has 0 heterocycles. The Morgan fingerprint density at radius 1 is 0.708 bits per heavy atom. The van der Waals surface area contributed by atoms with E-state index in [1.165, 1.54) is 53.4 Å². The highest BCUT2D eigenvalue weighted by Crippen LogP contribution is 2.25. The van der Waals surface area contributed by atoms with Gasteiger partial charge in [0.2, 0.25) is 5.91 Å². The number of hydrogen-bond acceptors (Lipinski definition) is 5. The summed E-state index contributed by atoms with van der Waals surface area (Å²) in [6, 6.07) is 33.5. The van der Waals surface area contributed by atoms with E-state index >= 15 is 0 Å². The van der Waals surface area contributed by atoms with Crippen molar-refractivity contribution in [2.75, 3.05) is 17.9 Å². The van der Waals surface area contributed by atoms with Crippen molar-refractivity contribution in [2.24, 2.45) is 0 Å². The van der Waals surface area contributed by atoms with E-state index in [-0.39, 0.29) is 22.9 Å². The maximum Gasteiger partial charge on any atom is 0.261 e. The first kappa shape index (κ1) is 33.8. The summed E-state index contributed by atoms with van der Waals surface area (Å²) in [5.74, 6) is -1.63. The lowest BCUT2D eigenvalue weighted by Crippen LogP contribution is -2.45. The van der Waals surface area contributed by atoms with Gasteiger partial charge in [0, 0.05) is 18.8 Å². The number of hydrogen-bond donors (Lipinski definition) is 2. The first-order chi connectivity index (χ1) is 23.2. The quantitative estimate of drug-likeness (QED) is 0.145. The Labute approximate surface area is 278 Å². The van der Waals surface area contributed by atoms with Crippen LogP contribution < -0.4 is 14.8 Å². The first-order valence-electron chi connectivity index (χ1n) is 15.1. The van der Waals surface area contributed by atoms with E-state index in [9.17, 15) is 26.8 Å². The monoisotopic (exact) mass is 669 g/mol. The molecule has 11 heteroatoms. The average Bonchev–Trinajstić information content (AvgIpc) is 3.10. The number of benzene rings is 5. The van der Waals surface area contributed by atoms with Gasteiger partial charge in [-0.3, -0.25) is 14.3 Å². The van der Waals surface area contributed by atoms with E-state index in [0.717, 1.165) is 17.7 Å². The maximum absolute atomic E-state index is 13.9. The van der Waals surface area contributed by atoms with Crippen LogP contribution in [0.25, 0.3) is 0 Å². The van der Waals surface area contributed by atoms with Crippen molar-refractivity contribution < 1.29 is 31.5 Å². The van der Waals surface area contributed by atoms with E-state index in [2.05, 4.69) is 10.0 Å². The minimum absolute atomic E-state index is 0.0135. The summed E-state index contributed by atoms with van der Waals surface area (Å²) in [7, 11) is -3.98. The number of halogens is 2. The van der Waals surface area contributed by atoms with Crippen molar-refractivity contribution in [1.29, 1.82) is 0 Å². The Morgan fingerprint density at radius 3 is 1.92 bits per heavy atom. The van der Waals surface area contributed by atoms with E-state index in [0.29, 0.717) is 24.1 Å². The lowest BCUT2D eigenvalue weighted by molar-refractivity contribution is -0.143. The van der Waals surface area contributed by atoms with Gasteiger partial charge in [0.1, 0.15) is 23.4 Å². The van der Waals surface area contributed by atoms with Gasteiger partial charge in [-0.25, -0.2) is 17.2 Å². The number of ether oxygens (including phenoxy) is 1. The van der Waals surface area contributed by atoms with Gasteiger partial charge >= 0.3 is 0 Å². The standard InChI is InChI=1S/C37H33F2N3O5S/c38-30-13-11-28(12-14-30)25-42(36(29-9-5-2-6-10-29)37(44)40-24-23-27-7-3-1-4-8-27)35(43)26-47-33-19-21-34(22-20-33)48(45,46)41-32-17-15-31(39)16-18-32/h1-22,36,41H,23-26H2,(H,40,44)/t36-/m1/s1. The number of carbonyl (C=O) groups is 2. The molecule has 8 nitrogen and oxygen atoms in total. The smallest absolute Gasteiger partial charge is 0.261 e. The Morgan fingerprint density at radius 2 is 1.29 bits per heavy atom. The fraction of sp³-hybridized carbons (Fsp3) is 0.135. The molecular weight excluding hydrogens is 636 g/mol. The lowest BCUT2D eigenvalue weighted by Gasteiger charge is -2.31. The third kappa shape index (κ3) is 9.26. The topological polar surface area (TPSA) is 105 Å². The summed E-state index contributed by atoms with van der Waals surface area (Å²) in [5, 5.41) is 2.96. The fourth-order valence-electron chi connectivity index (χ4n) is 4.96. The van der Waals surface area contributed by atoms with Crippen LogP contribution in [-0.2, 0) is 32.6 Å². The molecule has 0 bridgehead atoms. The molecule has 0 aliphatic carbocycles. The first-order valence-corrected chi connectivity index (χ1v) is 16.6. The number of nitrogens with one attached hydrogen (secondary N) is 2. The minimum atomic E-state index is -3.98. The lowest BCUT2D eigenvalue weighted by atomic mass is 10.0. The molecule has 0 unspecified atom stereocenters. The zero-order valence-electron chi connectivity index (χ0n) is 25.8. The largest absolute Gasteiger partial charge is 0.484 e. The zero-order chi connectivity index (χ0) is 33.9. The van der Waals surface area contributed by atoms with Gasteiger partial charge in [-0.05, 0) is 83.8 Å². The molecule has 0 saturated heterocycles. The predicted octanol–water partition coefficient (Wildman–Crippen LogP) is 6.27. The molecule has 0 fully saturated rings. The van der Waals surface area contributed by atoms with E-state index in [1.54, 1.807) is 36.4 Å². The van der Waals surface area contributed by atoms with Crippen LogP contribution in [0.2, 0.25) is 0 Å². The van der Waals surface area contributed by atoms with Gasteiger partial charge < -0.3 is 15.0 Å². The number of nitrogens with zero attached hydrogens (tertiary/aromatic N) is 1. The summed E-state index contributed by atoms with van der Waals surface area (Å²) in [5.41, 5.74) is 2.42. The minimum Gasteiger partial charge on any atom is -0.484 e. The molecule has 0 radical (unpaired) electrons. The second kappa shape index (κ2) is 15.8. The van der Waals surface area contributed by atoms with Crippen molar-refractivity contribution >= 4 is 27.5 Å². The van der Waals surface area contributed by atoms with Gasteiger partial charge in [-0.1, -0.05) is 72.8 Å². The van der Waals surface area contributed by atoms with Crippen LogP contribution in [0, 0.1) is 11.6 Å². The van der Waals surface area contributed by atoms with Gasteiger partial charge in [0.25, 0.3) is 15.9 Å². The summed E-state index contributed by atoms with van der Waals surface area (Å²) in [4.78, 5) is 29.0. The highest BCUT2D eigenvalue weighted by Gasteiger charge is 2.32. The van der Waals surface area contributed by atoms with Gasteiger partial charge in [0.05, 0.1) is 4.90 Å². The van der Waals surface area contributed by atoms with Crippen molar-refractivity contribution in [3.05, 3.63) is 162 Å². The summed E-state index contributed by atoms with van der Waals surface area (Å²) in [6.45, 7) is -0.144. The predicted molar refractivity (Wildman–Crippen MR) is 178 cm³/mol. The second-order valence-corrected chi connectivity index (χ2v) is 12.5. The van der Waals surface area contributed by atoms with Crippen molar-refractivity contribution in [3.63, 3.8) is 0 Å². The van der Waals surface area contributed by atoms with Crippen LogP contribution >= 0.6 is 0 Å². The Hall–Kier alpha value is -5.55. The molecule has 246 valence electrons. The van der Waals surface area contributed by atoms with E-state index < -0.39 is 46.1 Å².